The second kappa shape index (κ2) is 7.97. The Morgan fingerprint density at radius 2 is 1.70 bits per heavy atom. The highest BCUT2D eigenvalue weighted by atomic mass is 35.5. The number of rotatable bonds is 7. The summed E-state index contributed by atoms with van der Waals surface area (Å²) in [5, 5.41) is -0.317. The molecule has 0 bridgehead atoms. The molecule has 0 aliphatic carbocycles. The highest BCUT2D eigenvalue weighted by molar-refractivity contribution is 7.92. The van der Waals surface area contributed by atoms with Crippen molar-refractivity contribution >= 4 is 37.3 Å². The van der Waals surface area contributed by atoms with Crippen molar-refractivity contribution < 1.29 is 30.4 Å². The number of nitrogens with zero attached hydrogens (tertiary/aromatic N) is 1. The third-order valence-electron chi connectivity index (χ3n) is 3.29. The standard InChI is InChI=1S/C15H15ClF2N2O5S2/c1-20(2)27(23,24)12-5-3-4-10(8-12)19-26(21,22)11-6-7-14(13(16)9-11)25-15(17)18/h3-9,15,19H,1-2H3. The third-order valence-corrected chi connectivity index (χ3v) is 6.78. The first-order valence-corrected chi connectivity index (χ1v) is 10.5. The van der Waals surface area contributed by atoms with Crippen molar-refractivity contribution in [3.8, 4) is 5.75 Å². The van der Waals surface area contributed by atoms with Gasteiger partial charge in [-0.1, -0.05) is 17.7 Å². The van der Waals surface area contributed by atoms with Crippen LogP contribution in [0.5, 0.6) is 5.75 Å². The molecular weight excluding hydrogens is 426 g/mol. The van der Waals surface area contributed by atoms with Crippen LogP contribution in [0, 0.1) is 0 Å². The van der Waals surface area contributed by atoms with Gasteiger partial charge in [-0.15, -0.1) is 0 Å². The number of hydrogen-bond acceptors (Lipinski definition) is 5. The highest BCUT2D eigenvalue weighted by Crippen LogP contribution is 2.29. The largest absolute Gasteiger partial charge is 0.433 e. The smallest absolute Gasteiger partial charge is 0.387 e. The van der Waals surface area contributed by atoms with Gasteiger partial charge in [-0.05, 0) is 36.4 Å². The molecule has 2 aromatic rings. The number of alkyl halides is 2. The Hall–Kier alpha value is -1.95. The molecule has 1 N–H and O–H groups in total. The molecule has 148 valence electrons. The van der Waals surface area contributed by atoms with Gasteiger partial charge in [-0.25, -0.2) is 21.1 Å². The van der Waals surface area contributed by atoms with E-state index in [2.05, 4.69) is 9.46 Å². The summed E-state index contributed by atoms with van der Waals surface area (Å²) in [4.78, 5) is -0.415. The van der Waals surface area contributed by atoms with E-state index < -0.39 is 26.7 Å². The monoisotopic (exact) mass is 440 g/mol. The molecule has 12 heteroatoms. The Morgan fingerprint density at radius 3 is 2.26 bits per heavy atom. The van der Waals surface area contributed by atoms with Gasteiger partial charge in [0, 0.05) is 14.1 Å². The molecular formula is C15H15ClF2N2O5S2. The predicted octanol–water partition coefficient (Wildman–Crippen LogP) is 2.99. The van der Waals surface area contributed by atoms with E-state index in [1.165, 1.54) is 32.3 Å². The zero-order valence-corrected chi connectivity index (χ0v) is 16.4. The average molecular weight is 441 g/mol. The predicted molar refractivity (Wildman–Crippen MR) is 96.2 cm³/mol. The van der Waals surface area contributed by atoms with E-state index in [-0.39, 0.29) is 26.3 Å². The van der Waals surface area contributed by atoms with Crippen molar-refractivity contribution in [2.24, 2.45) is 0 Å². The molecule has 0 heterocycles. The first-order chi connectivity index (χ1) is 12.4. The van der Waals surface area contributed by atoms with Crippen molar-refractivity contribution in [2.75, 3.05) is 18.8 Å². The second-order valence-corrected chi connectivity index (χ2v) is 9.63. The molecule has 0 saturated heterocycles. The zero-order valence-electron chi connectivity index (χ0n) is 14.1. The summed E-state index contributed by atoms with van der Waals surface area (Å²) in [5.41, 5.74) is 0.00181. The van der Waals surface area contributed by atoms with Gasteiger partial charge in [0.2, 0.25) is 10.0 Å². The second-order valence-electron chi connectivity index (χ2n) is 5.39. The molecule has 0 amide bonds. The van der Waals surface area contributed by atoms with E-state index in [1.807, 2.05) is 0 Å². The van der Waals surface area contributed by atoms with Gasteiger partial charge in [0.15, 0.2) is 0 Å². The molecule has 0 spiro atoms. The van der Waals surface area contributed by atoms with Gasteiger partial charge in [-0.2, -0.15) is 8.78 Å². The highest BCUT2D eigenvalue weighted by Gasteiger charge is 2.20. The molecule has 0 saturated carbocycles. The van der Waals surface area contributed by atoms with Crippen LogP contribution in [0.2, 0.25) is 5.02 Å². The van der Waals surface area contributed by atoms with Gasteiger partial charge in [0.25, 0.3) is 10.0 Å². The minimum atomic E-state index is -4.15. The van der Waals surface area contributed by atoms with E-state index in [0.29, 0.717) is 0 Å². The van der Waals surface area contributed by atoms with E-state index >= 15 is 0 Å². The zero-order chi connectivity index (χ0) is 20.4. The normalized spacial score (nSPS) is 12.4. The van der Waals surface area contributed by atoms with Crippen LogP contribution in [0.4, 0.5) is 14.5 Å². The maximum atomic E-state index is 12.5. The molecule has 27 heavy (non-hydrogen) atoms. The van der Waals surface area contributed by atoms with E-state index in [4.69, 9.17) is 11.6 Å². The summed E-state index contributed by atoms with van der Waals surface area (Å²) in [6.45, 7) is -3.11. The van der Waals surface area contributed by atoms with Crippen LogP contribution in [0.15, 0.2) is 52.3 Å². The van der Waals surface area contributed by atoms with Crippen molar-refractivity contribution in [1.82, 2.24) is 4.31 Å². The number of sulfonamides is 2. The maximum absolute atomic E-state index is 12.5. The van der Waals surface area contributed by atoms with Gasteiger partial charge in [0.1, 0.15) is 5.75 Å². The van der Waals surface area contributed by atoms with E-state index in [9.17, 15) is 25.6 Å². The topological polar surface area (TPSA) is 92.8 Å². The number of hydrogen-bond donors (Lipinski definition) is 1. The first-order valence-electron chi connectivity index (χ1n) is 7.23. The van der Waals surface area contributed by atoms with Crippen LogP contribution in [0.25, 0.3) is 0 Å². The first kappa shape index (κ1) is 21.4. The van der Waals surface area contributed by atoms with Crippen LogP contribution < -0.4 is 9.46 Å². The summed E-state index contributed by atoms with van der Waals surface area (Å²) < 4.78 is 81.1. The number of anilines is 1. The van der Waals surface area contributed by atoms with Crippen molar-refractivity contribution in [3.63, 3.8) is 0 Å². The van der Waals surface area contributed by atoms with Crippen LogP contribution in [0.3, 0.4) is 0 Å². The lowest BCUT2D eigenvalue weighted by atomic mass is 10.3. The lowest BCUT2D eigenvalue weighted by Crippen LogP contribution is -2.22. The third kappa shape index (κ3) is 5.06. The van der Waals surface area contributed by atoms with Crippen molar-refractivity contribution in [3.05, 3.63) is 47.5 Å². The Balaban J connectivity index is 2.33. The summed E-state index contributed by atoms with van der Waals surface area (Å²) in [5.74, 6) is -0.371. The van der Waals surface area contributed by atoms with Crippen LogP contribution in [-0.2, 0) is 20.0 Å². The molecule has 0 aliphatic heterocycles. The van der Waals surface area contributed by atoms with Crippen LogP contribution in [-0.4, -0.2) is 41.8 Å². The quantitative estimate of drug-likeness (QED) is 0.714. The molecule has 0 aromatic heterocycles. The maximum Gasteiger partial charge on any atom is 0.387 e. The van der Waals surface area contributed by atoms with Crippen molar-refractivity contribution in [1.29, 1.82) is 0 Å². The summed E-state index contributed by atoms with van der Waals surface area (Å²) in [7, 11) is -5.21. The molecule has 0 aliphatic rings. The fourth-order valence-corrected chi connectivity index (χ4v) is 4.30. The lowest BCUT2D eigenvalue weighted by Gasteiger charge is -2.14. The molecule has 0 atom stereocenters. The summed E-state index contributed by atoms with van der Waals surface area (Å²) >= 11 is 5.77. The lowest BCUT2D eigenvalue weighted by molar-refractivity contribution is -0.0498. The fourth-order valence-electron chi connectivity index (χ4n) is 1.99. The van der Waals surface area contributed by atoms with Gasteiger partial charge in [-0.3, -0.25) is 4.72 Å². The Labute approximate surface area is 160 Å². The minimum Gasteiger partial charge on any atom is -0.433 e. The molecule has 0 unspecified atom stereocenters. The number of halogens is 3. The van der Waals surface area contributed by atoms with Crippen LogP contribution in [0.1, 0.15) is 0 Å². The van der Waals surface area contributed by atoms with Crippen molar-refractivity contribution in [2.45, 2.75) is 16.4 Å². The Morgan fingerprint density at radius 1 is 1.04 bits per heavy atom. The number of nitrogens with one attached hydrogen (secondary N) is 1. The molecule has 0 fully saturated rings. The summed E-state index contributed by atoms with van der Waals surface area (Å²) in [6, 6.07) is 8.19. The molecule has 2 aromatic carbocycles. The average Bonchev–Trinajstić information content (AvgIpc) is 2.56. The van der Waals surface area contributed by atoms with Crippen LogP contribution >= 0.6 is 11.6 Å². The van der Waals surface area contributed by atoms with Gasteiger partial charge < -0.3 is 4.74 Å². The SMILES string of the molecule is CN(C)S(=O)(=O)c1cccc(NS(=O)(=O)c2ccc(OC(F)F)c(Cl)c2)c1. The molecule has 7 nitrogen and oxygen atoms in total. The molecule has 2 rings (SSSR count). The minimum absolute atomic E-state index is 0.00181. The fraction of sp³-hybridized carbons (Fsp3) is 0.200. The van der Waals surface area contributed by atoms with E-state index in [0.717, 1.165) is 28.6 Å². The van der Waals surface area contributed by atoms with Gasteiger partial charge in [0.05, 0.1) is 20.5 Å². The number of benzene rings is 2. The van der Waals surface area contributed by atoms with Gasteiger partial charge >= 0.3 is 6.61 Å². The Bertz CT molecular complexity index is 1040. The summed E-state index contributed by atoms with van der Waals surface area (Å²) in [6.07, 6.45) is 0. The number of ether oxygens (including phenoxy) is 1. The molecule has 0 radical (unpaired) electrons. The Kier molecular flexibility index (Phi) is 6.30. The van der Waals surface area contributed by atoms with E-state index in [1.54, 1.807) is 0 Å².